The molecule has 2 saturated heterocycles. The molecular formula is C23H26F3N5OS. The number of hydrogen-bond acceptors (Lipinski definition) is 6. The SMILES string of the molecule is CNC(=O)C1CN(Cc2scnc2C)CC12CCN(c1ccc(C#N)c(C(F)(F)F)c1)CC2. The molecule has 1 aromatic heterocycles. The van der Waals surface area contributed by atoms with Crippen molar-refractivity contribution in [2.24, 2.45) is 11.3 Å². The smallest absolute Gasteiger partial charge is 0.371 e. The van der Waals surface area contributed by atoms with Gasteiger partial charge < -0.3 is 10.2 Å². The molecule has 2 fully saturated rings. The van der Waals surface area contributed by atoms with Crippen LogP contribution in [0.1, 0.15) is 34.5 Å². The van der Waals surface area contributed by atoms with Gasteiger partial charge in [0, 0.05) is 50.3 Å². The molecule has 10 heteroatoms. The number of halogens is 3. The van der Waals surface area contributed by atoms with Crippen molar-refractivity contribution in [2.75, 3.05) is 38.1 Å². The Bertz CT molecular complexity index is 1070. The van der Waals surface area contributed by atoms with Gasteiger partial charge in [0.1, 0.15) is 0 Å². The van der Waals surface area contributed by atoms with Gasteiger partial charge in [-0.15, -0.1) is 11.3 Å². The molecule has 1 unspecified atom stereocenters. The molecule has 1 aromatic carbocycles. The fraction of sp³-hybridized carbons (Fsp3) is 0.522. The van der Waals surface area contributed by atoms with E-state index in [1.807, 2.05) is 17.3 Å². The second kappa shape index (κ2) is 8.95. The average molecular weight is 478 g/mol. The first-order chi connectivity index (χ1) is 15.7. The van der Waals surface area contributed by atoms with Crippen molar-refractivity contribution in [3.8, 4) is 6.07 Å². The van der Waals surface area contributed by atoms with Crippen LogP contribution in [0, 0.1) is 29.6 Å². The number of likely N-dealkylation sites (tertiary alicyclic amines) is 1. The molecule has 4 rings (SSSR count). The number of piperidine rings is 1. The van der Waals surface area contributed by atoms with Crippen LogP contribution in [0.3, 0.4) is 0 Å². The lowest BCUT2D eigenvalue weighted by molar-refractivity contribution is -0.137. The van der Waals surface area contributed by atoms with E-state index in [0.29, 0.717) is 38.2 Å². The molecular weight excluding hydrogens is 451 g/mol. The highest BCUT2D eigenvalue weighted by molar-refractivity contribution is 7.09. The standard InChI is InChI=1S/C23H26F3N5OS/c1-15-20(33-14-29-15)12-30-11-19(21(32)28-2)22(13-30)5-7-31(8-6-22)17-4-3-16(10-27)18(9-17)23(24,25)26/h3-4,9,14,19H,5-8,11-13H2,1-2H3,(H,28,32). The second-order valence-corrected chi connectivity index (χ2v) is 9.83. The van der Waals surface area contributed by atoms with Gasteiger partial charge in [-0.3, -0.25) is 9.69 Å². The number of benzene rings is 1. The molecule has 1 amide bonds. The zero-order chi connectivity index (χ0) is 23.8. The van der Waals surface area contributed by atoms with E-state index in [-0.39, 0.29) is 22.8 Å². The predicted molar refractivity (Wildman–Crippen MR) is 120 cm³/mol. The maximum absolute atomic E-state index is 13.4. The lowest BCUT2D eigenvalue weighted by Crippen LogP contribution is -2.48. The van der Waals surface area contributed by atoms with E-state index in [0.717, 1.165) is 24.8 Å². The summed E-state index contributed by atoms with van der Waals surface area (Å²) in [5, 5.41) is 11.9. The lowest BCUT2D eigenvalue weighted by Gasteiger charge is -2.43. The van der Waals surface area contributed by atoms with Gasteiger partial charge in [-0.05, 0) is 43.4 Å². The summed E-state index contributed by atoms with van der Waals surface area (Å²) < 4.78 is 40.2. The Hall–Kier alpha value is -2.64. The summed E-state index contributed by atoms with van der Waals surface area (Å²) in [6.45, 7) is 5.29. The van der Waals surface area contributed by atoms with Crippen molar-refractivity contribution in [2.45, 2.75) is 32.5 Å². The van der Waals surface area contributed by atoms with E-state index < -0.39 is 11.7 Å². The molecule has 176 valence electrons. The number of aromatic nitrogens is 1. The van der Waals surface area contributed by atoms with Gasteiger partial charge in [-0.2, -0.15) is 18.4 Å². The summed E-state index contributed by atoms with van der Waals surface area (Å²) in [6.07, 6.45) is -3.15. The number of carbonyl (C=O) groups is 1. The highest BCUT2D eigenvalue weighted by Gasteiger charge is 2.51. The monoisotopic (exact) mass is 477 g/mol. The predicted octanol–water partition coefficient (Wildman–Crippen LogP) is 3.81. The van der Waals surface area contributed by atoms with Crippen LogP contribution in [0.4, 0.5) is 18.9 Å². The maximum Gasteiger partial charge on any atom is 0.417 e. The number of amides is 1. The number of nitrogens with zero attached hydrogens (tertiary/aromatic N) is 4. The summed E-state index contributed by atoms with van der Waals surface area (Å²) in [6, 6.07) is 5.52. The van der Waals surface area contributed by atoms with E-state index >= 15 is 0 Å². The normalized spacial score (nSPS) is 20.7. The molecule has 6 nitrogen and oxygen atoms in total. The third-order valence-corrected chi connectivity index (χ3v) is 7.97. The highest BCUT2D eigenvalue weighted by Crippen LogP contribution is 2.46. The molecule has 0 saturated carbocycles. The number of hydrogen-bond donors (Lipinski definition) is 1. The number of alkyl halides is 3. The number of thiazole rings is 1. The third-order valence-electron chi connectivity index (χ3n) is 7.05. The first-order valence-corrected chi connectivity index (χ1v) is 11.7. The van der Waals surface area contributed by atoms with E-state index in [1.54, 1.807) is 30.5 Å². The summed E-state index contributed by atoms with van der Waals surface area (Å²) in [5.74, 6) is -0.144. The van der Waals surface area contributed by atoms with Crippen molar-refractivity contribution in [3.63, 3.8) is 0 Å². The van der Waals surface area contributed by atoms with Crippen molar-refractivity contribution in [1.82, 2.24) is 15.2 Å². The molecule has 1 atom stereocenters. The van der Waals surface area contributed by atoms with Crippen LogP contribution in [-0.2, 0) is 17.5 Å². The molecule has 1 N–H and O–H groups in total. The fourth-order valence-corrected chi connectivity index (χ4v) is 6.00. The molecule has 2 aromatic rings. The molecule has 2 aliphatic rings. The Balaban J connectivity index is 1.52. The van der Waals surface area contributed by atoms with Crippen LogP contribution >= 0.6 is 11.3 Å². The molecule has 0 bridgehead atoms. The van der Waals surface area contributed by atoms with E-state index in [1.165, 1.54) is 10.9 Å². The summed E-state index contributed by atoms with van der Waals surface area (Å²) >= 11 is 1.61. The van der Waals surface area contributed by atoms with Gasteiger partial charge in [0.2, 0.25) is 5.91 Å². The van der Waals surface area contributed by atoms with Gasteiger partial charge in [-0.25, -0.2) is 4.98 Å². The Morgan fingerprint density at radius 2 is 2.09 bits per heavy atom. The van der Waals surface area contributed by atoms with Gasteiger partial charge in [0.15, 0.2) is 0 Å². The Morgan fingerprint density at radius 1 is 1.36 bits per heavy atom. The maximum atomic E-state index is 13.4. The summed E-state index contributed by atoms with van der Waals surface area (Å²) in [7, 11) is 1.65. The minimum Gasteiger partial charge on any atom is -0.371 e. The molecule has 0 radical (unpaired) electrons. The topological polar surface area (TPSA) is 72.3 Å². The number of anilines is 1. The highest BCUT2D eigenvalue weighted by atomic mass is 32.1. The van der Waals surface area contributed by atoms with Crippen LogP contribution in [0.2, 0.25) is 0 Å². The van der Waals surface area contributed by atoms with Crippen molar-refractivity contribution < 1.29 is 18.0 Å². The minimum absolute atomic E-state index is 0.0182. The number of rotatable bonds is 4. The third kappa shape index (κ3) is 4.57. The van der Waals surface area contributed by atoms with Crippen molar-refractivity contribution in [1.29, 1.82) is 5.26 Å². The molecule has 3 heterocycles. The molecule has 33 heavy (non-hydrogen) atoms. The molecule has 2 aliphatic heterocycles. The Labute approximate surface area is 195 Å². The fourth-order valence-electron chi connectivity index (χ4n) is 5.19. The van der Waals surface area contributed by atoms with E-state index in [4.69, 9.17) is 5.26 Å². The first-order valence-electron chi connectivity index (χ1n) is 10.9. The zero-order valence-electron chi connectivity index (χ0n) is 18.6. The average Bonchev–Trinajstić information content (AvgIpc) is 3.36. The van der Waals surface area contributed by atoms with E-state index in [2.05, 4.69) is 15.2 Å². The van der Waals surface area contributed by atoms with Crippen molar-refractivity contribution >= 4 is 22.9 Å². The van der Waals surface area contributed by atoms with Crippen LogP contribution in [0.15, 0.2) is 23.7 Å². The van der Waals surface area contributed by atoms with Crippen LogP contribution in [0.5, 0.6) is 0 Å². The number of aryl methyl sites for hydroxylation is 1. The van der Waals surface area contributed by atoms with Crippen LogP contribution < -0.4 is 10.2 Å². The lowest BCUT2D eigenvalue weighted by atomic mass is 9.70. The molecule has 0 aliphatic carbocycles. The largest absolute Gasteiger partial charge is 0.417 e. The summed E-state index contributed by atoms with van der Waals surface area (Å²) in [4.78, 5) is 22.5. The van der Waals surface area contributed by atoms with Crippen LogP contribution in [0.25, 0.3) is 0 Å². The van der Waals surface area contributed by atoms with Gasteiger partial charge in [0.05, 0.1) is 34.3 Å². The van der Waals surface area contributed by atoms with Crippen LogP contribution in [-0.4, -0.2) is 49.0 Å². The Morgan fingerprint density at radius 3 is 2.67 bits per heavy atom. The summed E-state index contributed by atoms with van der Waals surface area (Å²) in [5.41, 5.74) is 1.81. The van der Waals surface area contributed by atoms with Crippen molar-refractivity contribution in [3.05, 3.63) is 45.4 Å². The van der Waals surface area contributed by atoms with Gasteiger partial charge in [0.25, 0.3) is 0 Å². The second-order valence-electron chi connectivity index (χ2n) is 8.89. The van der Waals surface area contributed by atoms with Gasteiger partial charge in [-0.1, -0.05) is 0 Å². The quantitative estimate of drug-likeness (QED) is 0.725. The number of nitriles is 1. The molecule has 1 spiro atoms. The number of carbonyl (C=O) groups excluding carboxylic acids is 1. The number of nitrogens with one attached hydrogen (secondary N) is 1. The van der Waals surface area contributed by atoms with Gasteiger partial charge >= 0.3 is 6.18 Å². The van der Waals surface area contributed by atoms with E-state index in [9.17, 15) is 18.0 Å². The minimum atomic E-state index is -4.58. The first kappa shape index (κ1) is 23.5. The Kier molecular flexibility index (Phi) is 6.38. The zero-order valence-corrected chi connectivity index (χ0v) is 19.4.